The summed E-state index contributed by atoms with van der Waals surface area (Å²) in [5, 5.41) is 0. The predicted molar refractivity (Wildman–Crippen MR) is 66.5 cm³/mol. The van der Waals surface area contributed by atoms with Crippen LogP contribution in [-0.4, -0.2) is 19.0 Å². The Balaban J connectivity index is 2.22. The van der Waals surface area contributed by atoms with Crippen LogP contribution in [-0.2, 0) is 9.53 Å². The van der Waals surface area contributed by atoms with Crippen molar-refractivity contribution in [2.75, 3.05) is 7.11 Å². The average molecular weight is 226 g/mol. The van der Waals surface area contributed by atoms with Gasteiger partial charge in [-0.2, -0.15) is 0 Å². The van der Waals surface area contributed by atoms with E-state index in [-0.39, 0.29) is 6.10 Å². The first kappa shape index (κ1) is 13.7. The van der Waals surface area contributed by atoms with Gasteiger partial charge in [-0.05, 0) is 44.9 Å². The van der Waals surface area contributed by atoms with Crippen molar-refractivity contribution in [3.8, 4) is 0 Å². The Labute approximate surface area is 99.8 Å². The van der Waals surface area contributed by atoms with E-state index in [1.54, 1.807) is 7.11 Å². The highest BCUT2D eigenvalue weighted by Crippen LogP contribution is 2.31. The normalized spacial score (nSPS) is 27.7. The Hall–Kier alpha value is -0.370. The molecule has 0 radical (unpaired) electrons. The molecule has 1 aliphatic carbocycles. The van der Waals surface area contributed by atoms with E-state index in [4.69, 9.17) is 4.74 Å². The highest BCUT2D eigenvalue weighted by molar-refractivity contribution is 5.81. The lowest BCUT2D eigenvalue weighted by Crippen LogP contribution is -2.22. The number of ether oxygens (including phenoxy) is 1. The van der Waals surface area contributed by atoms with Crippen molar-refractivity contribution >= 4 is 5.78 Å². The molecule has 2 heteroatoms. The van der Waals surface area contributed by atoms with Crippen LogP contribution in [0.15, 0.2) is 0 Å². The quantitative estimate of drug-likeness (QED) is 0.692. The zero-order valence-electron chi connectivity index (χ0n) is 11.0. The van der Waals surface area contributed by atoms with Gasteiger partial charge >= 0.3 is 0 Å². The molecule has 0 spiro atoms. The van der Waals surface area contributed by atoms with Gasteiger partial charge in [-0.3, -0.25) is 4.79 Å². The number of carbonyl (C=O) groups excluding carboxylic acids is 1. The van der Waals surface area contributed by atoms with E-state index < -0.39 is 0 Å². The molecule has 0 aromatic carbocycles. The van der Waals surface area contributed by atoms with Gasteiger partial charge in [0.15, 0.2) is 0 Å². The number of methoxy groups -OCH3 is 1. The number of ketones is 1. The van der Waals surface area contributed by atoms with E-state index in [1.807, 2.05) is 6.92 Å². The summed E-state index contributed by atoms with van der Waals surface area (Å²) in [5.41, 5.74) is 0. The minimum absolute atomic E-state index is 0.218. The lowest BCUT2D eigenvalue weighted by atomic mass is 9.78. The molecule has 1 atom stereocenters. The summed E-state index contributed by atoms with van der Waals surface area (Å²) in [6.07, 6.45) is 7.84. The van der Waals surface area contributed by atoms with Gasteiger partial charge in [0.1, 0.15) is 5.78 Å². The summed E-state index contributed by atoms with van der Waals surface area (Å²) < 4.78 is 5.17. The van der Waals surface area contributed by atoms with Crippen molar-refractivity contribution in [2.45, 2.75) is 64.9 Å². The summed E-state index contributed by atoms with van der Waals surface area (Å²) in [5.74, 6) is 1.70. The fourth-order valence-electron chi connectivity index (χ4n) is 2.56. The molecule has 0 heterocycles. The van der Waals surface area contributed by atoms with Crippen LogP contribution in [0, 0.1) is 11.8 Å². The van der Waals surface area contributed by atoms with Crippen molar-refractivity contribution in [1.29, 1.82) is 0 Å². The van der Waals surface area contributed by atoms with Gasteiger partial charge in [-0.25, -0.2) is 0 Å². The molecule has 0 aromatic heterocycles. The topological polar surface area (TPSA) is 26.3 Å². The minimum Gasteiger partial charge on any atom is -0.382 e. The monoisotopic (exact) mass is 226 g/mol. The predicted octanol–water partition coefficient (Wildman–Crippen LogP) is 3.59. The molecule has 1 saturated carbocycles. The van der Waals surface area contributed by atoms with Crippen molar-refractivity contribution in [3.05, 3.63) is 0 Å². The van der Waals surface area contributed by atoms with Crippen molar-refractivity contribution in [3.63, 3.8) is 0 Å². The summed E-state index contributed by atoms with van der Waals surface area (Å²) in [6.45, 7) is 4.29. The van der Waals surface area contributed by atoms with E-state index in [1.165, 1.54) is 19.3 Å². The van der Waals surface area contributed by atoms with E-state index in [2.05, 4.69) is 6.92 Å². The van der Waals surface area contributed by atoms with Crippen LogP contribution in [0.1, 0.15) is 58.8 Å². The van der Waals surface area contributed by atoms with Gasteiger partial charge in [-0.15, -0.1) is 0 Å². The van der Waals surface area contributed by atoms with E-state index in [0.717, 1.165) is 25.2 Å². The molecule has 16 heavy (non-hydrogen) atoms. The van der Waals surface area contributed by atoms with Gasteiger partial charge < -0.3 is 4.74 Å². The third kappa shape index (κ3) is 4.25. The van der Waals surface area contributed by atoms with Gasteiger partial charge in [0, 0.05) is 19.4 Å². The van der Waals surface area contributed by atoms with Crippen LogP contribution >= 0.6 is 0 Å². The molecule has 0 bridgehead atoms. The summed E-state index contributed by atoms with van der Waals surface area (Å²) in [4.78, 5) is 12.0. The van der Waals surface area contributed by atoms with Crippen LogP contribution in [0.5, 0.6) is 0 Å². The van der Waals surface area contributed by atoms with Crippen molar-refractivity contribution in [2.24, 2.45) is 11.8 Å². The molecule has 0 aliphatic heterocycles. The smallest absolute Gasteiger partial charge is 0.136 e. The molecule has 0 saturated heterocycles. The van der Waals surface area contributed by atoms with E-state index in [9.17, 15) is 4.79 Å². The first-order valence-corrected chi connectivity index (χ1v) is 6.72. The van der Waals surface area contributed by atoms with Gasteiger partial charge in [-0.1, -0.05) is 13.3 Å². The molecule has 94 valence electrons. The molecule has 1 rings (SSSR count). The highest BCUT2D eigenvalue weighted by Gasteiger charge is 2.25. The largest absolute Gasteiger partial charge is 0.382 e. The SMILES string of the molecule is CCC1CCC(C(=O)CCC(C)OC)CC1. The maximum Gasteiger partial charge on any atom is 0.136 e. The maximum atomic E-state index is 12.0. The summed E-state index contributed by atoms with van der Waals surface area (Å²) in [6, 6.07) is 0. The molecule has 0 aromatic rings. The standard InChI is InChI=1S/C14H26O2/c1-4-12-6-8-13(9-7-12)14(15)10-5-11(2)16-3/h11-13H,4-10H2,1-3H3. The zero-order valence-corrected chi connectivity index (χ0v) is 11.0. The Kier molecular flexibility index (Phi) is 6.04. The second-order valence-electron chi connectivity index (χ2n) is 5.18. The van der Waals surface area contributed by atoms with Gasteiger partial charge in [0.2, 0.25) is 0 Å². The highest BCUT2D eigenvalue weighted by atomic mass is 16.5. The fourth-order valence-corrected chi connectivity index (χ4v) is 2.56. The Morgan fingerprint density at radius 1 is 1.31 bits per heavy atom. The van der Waals surface area contributed by atoms with E-state index in [0.29, 0.717) is 18.1 Å². The molecule has 0 amide bonds. The third-order valence-electron chi connectivity index (χ3n) is 4.08. The number of hydrogen-bond donors (Lipinski definition) is 0. The molecule has 0 N–H and O–H groups in total. The number of carbonyl (C=O) groups is 1. The van der Waals surface area contributed by atoms with Crippen LogP contribution in [0.2, 0.25) is 0 Å². The van der Waals surface area contributed by atoms with E-state index >= 15 is 0 Å². The first-order valence-electron chi connectivity index (χ1n) is 6.72. The first-order chi connectivity index (χ1) is 7.67. The third-order valence-corrected chi connectivity index (χ3v) is 4.08. The zero-order chi connectivity index (χ0) is 12.0. The van der Waals surface area contributed by atoms with Crippen molar-refractivity contribution < 1.29 is 9.53 Å². The Morgan fingerprint density at radius 2 is 1.94 bits per heavy atom. The number of hydrogen-bond acceptors (Lipinski definition) is 2. The molecule has 1 unspecified atom stereocenters. The van der Waals surface area contributed by atoms with Gasteiger partial charge in [0.25, 0.3) is 0 Å². The number of rotatable bonds is 6. The second-order valence-corrected chi connectivity index (χ2v) is 5.18. The average Bonchev–Trinajstić information content (AvgIpc) is 2.35. The summed E-state index contributed by atoms with van der Waals surface area (Å²) in [7, 11) is 1.71. The lowest BCUT2D eigenvalue weighted by Gasteiger charge is -2.27. The fraction of sp³-hybridized carbons (Fsp3) is 0.929. The molecular weight excluding hydrogens is 200 g/mol. The van der Waals surface area contributed by atoms with Crippen LogP contribution in [0.25, 0.3) is 0 Å². The Bertz CT molecular complexity index is 205. The maximum absolute atomic E-state index is 12.0. The Morgan fingerprint density at radius 3 is 2.44 bits per heavy atom. The minimum atomic E-state index is 0.218. The lowest BCUT2D eigenvalue weighted by molar-refractivity contribution is -0.124. The number of Topliss-reactive ketones (excluding diaryl/α,β-unsaturated/α-hetero) is 1. The molecule has 1 fully saturated rings. The van der Waals surface area contributed by atoms with Crippen LogP contribution in [0.4, 0.5) is 0 Å². The summed E-state index contributed by atoms with van der Waals surface area (Å²) >= 11 is 0. The van der Waals surface area contributed by atoms with Crippen LogP contribution < -0.4 is 0 Å². The second kappa shape index (κ2) is 7.05. The van der Waals surface area contributed by atoms with Crippen LogP contribution in [0.3, 0.4) is 0 Å². The molecular formula is C14H26O2. The van der Waals surface area contributed by atoms with Gasteiger partial charge in [0.05, 0.1) is 6.10 Å². The molecule has 1 aliphatic rings. The molecule has 2 nitrogen and oxygen atoms in total. The van der Waals surface area contributed by atoms with Crippen molar-refractivity contribution in [1.82, 2.24) is 0 Å².